The topological polar surface area (TPSA) is 97.5 Å². The normalized spacial score (nSPS) is 16.1. The Balaban J connectivity index is 1.44. The Bertz CT molecular complexity index is 1950. The van der Waals surface area contributed by atoms with E-state index in [0.717, 1.165) is 84.5 Å². The molecule has 2 aromatic carbocycles. The Morgan fingerprint density at radius 2 is 1.80 bits per heavy atom. The van der Waals surface area contributed by atoms with Gasteiger partial charge < -0.3 is 19.3 Å². The van der Waals surface area contributed by atoms with Crippen molar-refractivity contribution in [2.75, 3.05) is 26.3 Å². The van der Waals surface area contributed by atoms with Gasteiger partial charge in [0.2, 0.25) is 5.91 Å². The summed E-state index contributed by atoms with van der Waals surface area (Å²) in [6.45, 7) is 6.30. The fourth-order valence-corrected chi connectivity index (χ4v) is 8.51. The van der Waals surface area contributed by atoms with Crippen LogP contribution >= 0.6 is 27.3 Å². The van der Waals surface area contributed by atoms with Crippen molar-refractivity contribution in [3.63, 3.8) is 0 Å². The molecule has 1 amide bonds. The van der Waals surface area contributed by atoms with Crippen LogP contribution < -0.4 is 0 Å². The van der Waals surface area contributed by atoms with Crippen LogP contribution in [0.25, 0.3) is 43.6 Å². The first kappa shape index (κ1) is 30.1. The summed E-state index contributed by atoms with van der Waals surface area (Å²) in [6.07, 6.45) is 5.66. The number of morpholine rings is 1. The van der Waals surface area contributed by atoms with Gasteiger partial charge in [0.25, 0.3) is 0 Å². The van der Waals surface area contributed by atoms with Crippen LogP contribution in [0.4, 0.5) is 0 Å². The van der Waals surface area contributed by atoms with Gasteiger partial charge in [-0.15, -0.1) is 11.3 Å². The highest BCUT2D eigenvalue weighted by molar-refractivity contribution is 9.10. The lowest BCUT2D eigenvalue weighted by Crippen LogP contribution is -2.42. The molecular weight excluding hydrogens is 652 g/mol. The number of benzene rings is 2. The van der Waals surface area contributed by atoms with Crippen molar-refractivity contribution in [3.8, 4) is 21.8 Å². The van der Waals surface area contributed by atoms with Crippen molar-refractivity contribution in [2.24, 2.45) is 0 Å². The number of aryl methyl sites for hydroxylation is 2. The Hall–Kier alpha value is -3.60. The number of carboxylic acids is 1. The first-order chi connectivity index (χ1) is 21.8. The van der Waals surface area contributed by atoms with Gasteiger partial charge in [-0.25, -0.2) is 14.8 Å². The summed E-state index contributed by atoms with van der Waals surface area (Å²) in [5.74, 6) is -0.653. The Kier molecular flexibility index (Phi) is 8.22. The molecule has 0 bridgehead atoms. The number of carbonyl (C=O) groups excluding carboxylic acids is 1. The highest BCUT2D eigenvalue weighted by Crippen LogP contribution is 2.46. The minimum Gasteiger partial charge on any atom is -0.478 e. The van der Waals surface area contributed by atoms with Crippen LogP contribution in [-0.2, 0) is 16.1 Å². The summed E-state index contributed by atoms with van der Waals surface area (Å²) in [5.41, 5.74) is 6.92. The molecule has 1 N–H and O–H groups in total. The van der Waals surface area contributed by atoms with E-state index in [1.54, 1.807) is 23.5 Å². The van der Waals surface area contributed by atoms with E-state index in [2.05, 4.69) is 49.7 Å². The predicted octanol–water partition coefficient (Wildman–Crippen LogP) is 7.96. The summed E-state index contributed by atoms with van der Waals surface area (Å²) in [5, 5.41) is 13.0. The number of aromatic carboxylic acids is 1. The summed E-state index contributed by atoms with van der Waals surface area (Å²) in [6, 6.07) is 13.8. The number of thiazole rings is 1. The molecule has 0 unspecified atom stereocenters. The van der Waals surface area contributed by atoms with Gasteiger partial charge in [-0.05, 0) is 84.4 Å². The van der Waals surface area contributed by atoms with Gasteiger partial charge in [-0.3, -0.25) is 4.79 Å². The Morgan fingerprint density at radius 3 is 2.51 bits per heavy atom. The maximum atomic E-state index is 13.8. The number of hydrogen-bond donors (Lipinski definition) is 1. The number of amides is 1. The van der Waals surface area contributed by atoms with Crippen molar-refractivity contribution in [1.29, 1.82) is 0 Å². The quantitative estimate of drug-likeness (QED) is 0.195. The molecule has 5 aromatic rings. The van der Waals surface area contributed by atoms with Gasteiger partial charge in [-0.2, -0.15) is 0 Å². The molecular formula is C35H35BrN4O4S. The molecule has 0 atom stereocenters. The second-order valence-corrected chi connectivity index (χ2v) is 14.1. The second-order valence-electron chi connectivity index (χ2n) is 12.1. The van der Waals surface area contributed by atoms with Crippen LogP contribution in [0.2, 0.25) is 0 Å². The molecule has 4 heterocycles. The number of nitrogens with zero attached hydrogens (tertiary/aromatic N) is 4. The van der Waals surface area contributed by atoms with E-state index in [9.17, 15) is 14.7 Å². The lowest BCUT2D eigenvalue weighted by atomic mass is 9.81. The summed E-state index contributed by atoms with van der Waals surface area (Å²) < 4.78 is 8.45. The molecule has 2 fully saturated rings. The molecule has 232 valence electrons. The van der Waals surface area contributed by atoms with Crippen LogP contribution in [0.15, 0.2) is 46.9 Å². The molecule has 0 spiro atoms. The molecule has 8 nitrogen and oxygen atoms in total. The van der Waals surface area contributed by atoms with Crippen LogP contribution in [0.5, 0.6) is 0 Å². The van der Waals surface area contributed by atoms with Crippen LogP contribution in [0, 0.1) is 13.8 Å². The standard InChI is InChI=1S/C35H35BrN4O4S/c1-20-34(45-21(2)37-20)28-11-9-23-16-25(17-27(36)32(23)38-28)33-31(22-6-4-3-5-7-22)26-10-8-24(35(42)43)18-29(26)40(33)19-30(41)39-12-14-44-15-13-39/h8-11,16-18,22H,3-7,12-15,19H2,1-2H3,(H,42,43). The third-order valence-electron chi connectivity index (χ3n) is 9.18. The van der Waals surface area contributed by atoms with Crippen molar-refractivity contribution in [3.05, 3.63) is 68.8 Å². The van der Waals surface area contributed by atoms with Crippen molar-refractivity contribution in [2.45, 2.75) is 58.4 Å². The zero-order chi connectivity index (χ0) is 31.2. The number of carboxylic acid groups (broad SMARTS) is 1. The van der Waals surface area contributed by atoms with Gasteiger partial charge in [0.05, 0.1) is 56.8 Å². The minimum atomic E-state index is -0.980. The maximum absolute atomic E-state index is 13.8. The zero-order valence-electron chi connectivity index (χ0n) is 25.4. The molecule has 0 radical (unpaired) electrons. The molecule has 1 aliphatic carbocycles. The third kappa shape index (κ3) is 5.68. The SMILES string of the molecule is Cc1nc(C)c(-c2ccc3cc(-c4c(C5CCCCC5)c5ccc(C(=O)O)cc5n4CC(=O)N4CCOCC4)cc(Br)c3n2)s1. The Labute approximate surface area is 274 Å². The second kappa shape index (κ2) is 12.3. The molecule has 7 rings (SSSR count). The van der Waals surface area contributed by atoms with E-state index in [0.29, 0.717) is 32.2 Å². The zero-order valence-corrected chi connectivity index (χ0v) is 27.8. The highest BCUT2D eigenvalue weighted by atomic mass is 79.9. The Morgan fingerprint density at radius 1 is 1.02 bits per heavy atom. The number of fused-ring (bicyclic) bond motifs is 2. The van der Waals surface area contributed by atoms with Crippen molar-refractivity contribution < 1.29 is 19.4 Å². The van der Waals surface area contributed by atoms with E-state index >= 15 is 0 Å². The van der Waals surface area contributed by atoms with Crippen LogP contribution in [-0.4, -0.2) is 62.7 Å². The minimum absolute atomic E-state index is 0.00811. The van der Waals surface area contributed by atoms with E-state index in [1.807, 2.05) is 24.8 Å². The van der Waals surface area contributed by atoms with Crippen LogP contribution in [0.3, 0.4) is 0 Å². The number of ether oxygens (including phenoxy) is 1. The van der Waals surface area contributed by atoms with Gasteiger partial charge in [0.1, 0.15) is 6.54 Å². The number of pyridine rings is 1. The summed E-state index contributed by atoms with van der Waals surface area (Å²) >= 11 is 5.50. The molecule has 45 heavy (non-hydrogen) atoms. The van der Waals surface area contributed by atoms with E-state index < -0.39 is 5.97 Å². The van der Waals surface area contributed by atoms with Crippen LogP contribution in [0.1, 0.15) is 64.6 Å². The van der Waals surface area contributed by atoms with Gasteiger partial charge in [0, 0.05) is 33.9 Å². The lowest BCUT2D eigenvalue weighted by Gasteiger charge is -2.28. The largest absolute Gasteiger partial charge is 0.478 e. The third-order valence-corrected chi connectivity index (χ3v) is 10.9. The number of rotatable bonds is 6. The monoisotopic (exact) mass is 686 g/mol. The number of hydrogen-bond acceptors (Lipinski definition) is 6. The van der Waals surface area contributed by atoms with E-state index in [4.69, 9.17) is 9.72 Å². The number of halogens is 1. The van der Waals surface area contributed by atoms with E-state index in [1.165, 1.54) is 12.0 Å². The number of aromatic nitrogens is 3. The van der Waals surface area contributed by atoms with Gasteiger partial charge in [0.15, 0.2) is 0 Å². The molecule has 2 aliphatic rings. The predicted molar refractivity (Wildman–Crippen MR) is 181 cm³/mol. The fraction of sp³-hybridized carbons (Fsp3) is 0.371. The smallest absolute Gasteiger partial charge is 0.335 e. The molecule has 1 saturated carbocycles. The first-order valence-electron chi connectivity index (χ1n) is 15.6. The van der Waals surface area contributed by atoms with Crippen molar-refractivity contribution in [1.82, 2.24) is 19.4 Å². The van der Waals surface area contributed by atoms with Gasteiger partial charge in [-0.1, -0.05) is 31.4 Å². The molecule has 3 aromatic heterocycles. The highest BCUT2D eigenvalue weighted by Gasteiger charge is 2.29. The summed E-state index contributed by atoms with van der Waals surface area (Å²) in [7, 11) is 0. The summed E-state index contributed by atoms with van der Waals surface area (Å²) in [4.78, 5) is 38.5. The van der Waals surface area contributed by atoms with E-state index in [-0.39, 0.29) is 18.0 Å². The van der Waals surface area contributed by atoms with Gasteiger partial charge >= 0.3 is 5.97 Å². The fourth-order valence-electron chi connectivity index (χ4n) is 7.06. The lowest BCUT2D eigenvalue weighted by molar-refractivity contribution is -0.135. The molecule has 1 saturated heterocycles. The number of carbonyl (C=O) groups is 2. The average molecular weight is 688 g/mol. The molecule has 1 aliphatic heterocycles. The average Bonchev–Trinajstić information content (AvgIpc) is 3.56. The molecule has 10 heteroatoms. The maximum Gasteiger partial charge on any atom is 0.335 e. The van der Waals surface area contributed by atoms with Crippen molar-refractivity contribution >= 4 is 60.9 Å². The first-order valence-corrected chi connectivity index (χ1v) is 17.2.